The second-order valence-electron chi connectivity index (χ2n) is 4.54. The van der Waals surface area contributed by atoms with E-state index >= 15 is 0 Å². The molecule has 0 amide bonds. The van der Waals surface area contributed by atoms with E-state index in [1.54, 1.807) is 19.1 Å². The molecule has 21 heavy (non-hydrogen) atoms. The van der Waals surface area contributed by atoms with Crippen LogP contribution in [0.15, 0.2) is 29.2 Å². The molecule has 1 aromatic carbocycles. The normalized spacial score (nSPS) is 14.0. The fraction of sp³-hybridized carbons (Fsp3) is 0.500. The highest BCUT2D eigenvalue weighted by molar-refractivity contribution is 7.99. The molecule has 0 spiro atoms. The highest BCUT2D eigenvalue weighted by Gasteiger charge is 2.28. The molecule has 0 aliphatic heterocycles. The van der Waals surface area contributed by atoms with Crippen LogP contribution >= 0.6 is 23.4 Å². The van der Waals surface area contributed by atoms with Crippen molar-refractivity contribution in [2.75, 3.05) is 22.1 Å². The van der Waals surface area contributed by atoms with Crippen LogP contribution in [0.2, 0.25) is 0 Å². The molecule has 1 unspecified atom stereocenters. The van der Waals surface area contributed by atoms with E-state index in [-0.39, 0.29) is 28.1 Å². The molecule has 3 nitrogen and oxygen atoms in total. The van der Waals surface area contributed by atoms with Crippen LogP contribution in [-0.4, -0.2) is 32.0 Å². The van der Waals surface area contributed by atoms with Gasteiger partial charge in [0.15, 0.2) is 0 Å². The van der Waals surface area contributed by atoms with E-state index in [0.29, 0.717) is 11.8 Å². The fourth-order valence-electron chi connectivity index (χ4n) is 1.46. The van der Waals surface area contributed by atoms with Gasteiger partial charge in [-0.3, -0.25) is 4.72 Å². The topological polar surface area (TPSA) is 46.2 Å². The Balaban J connectivity index is 2.84. The van der Waals surface area contributed by atoms with Crippen molar-refractivity contribution >= 4 is 39.1 Å². The summed E-state index contributed by atoms with van der Waals surface area (Å²) in [5.74, 6) is -1.33. The molecule has 1 rings (SSSR count). The zero-order valence-corrected chi connectivity index (χ0v) is 13.5. The second-order valence-corrected chi connectivity index (χ2v) is 7.64. The summed E-state index contributed by atoms with van der Waals surface area (Å²) in [7, 11) is -3.65. The Morgan fingerprint density at radius 1 is 1.33 bits per heavy atom. The molecule has 0 aromatic heterocycles. The van der Waals surface area contributed by atoms with Crippen LogP contribution in [0.1, 0.15) is 6.92 Å². The van der Waals surface area contributed by atoms with E-state index in [1.807, 2.05) is 0 Å². The van der Waals surface area contributed by atoms with Gasteiger partial charge in [0.2, 0.25) is 10.0 Å². The summed E-state index contributed by atoms with van der Waals surface area (Å²) < 4.78 is 62.9. The number of benzene rings is 1. The zero-order valence-electron chi connectivity index (χ0n) is 11.2. The summed E-state index contributed by atoms with van der Waals surface area (Å²) in [6, 6.07) is 5.99. The summed E-state index contributed by atoms with van der Waals surface area (Å²) in [6.07, 6.45) is -4.32. The third-order valence-corrected chi connectivity index (χ3v) is 5.52. The lowest BCUT2D eigenvalue weighted by molar-refractivity contribution is -0.105. The summed E-state index contributed by atoms with van der Waals surface area (Å²) in [4.78, 5) is 0.233. The molecule has 0 aliphatic rings. The van der Waals surface area contributed by atoms with Crippen molar-refractivity contribution in [3.8, 4) is 0 Å². The van der Waals surface area contributed by atoms with Crippen LogP contribution < -0.4 is 4.72 Å². The van der Waals surface area contributed by atoms with Crippen LogP contribution in [0.25, 0.3) is 0 Å². The number of halogens is 4. The van der Waals surface area contributed by atoms with Gasteiger partial charge in [0.1, 0.15) is 0 Å². The van der Waals surface area contributed by atoms with Gasteiger partial charge in [-0.1, -0.05) is 19.1 Å². The molecule has 0 bridgehead atoms. The van der Waals surface area contributed by atoms with Gasteiger partial charge in [-0.05, 0) is 18.1 Å². The Hall–Kier alpha value is -0.600. The van der Waals surface area contributed by atoms with Crippen molar-refractivity contribution in [2.45, 2.75) is 18.0 Å². The number of sulfonamides is 1. The van der Waals surface area contributed by atoms with E-state index in [1.165, 1.54) is 12.1 Å². The van der Waals surface area contributed by atoms with E-state index < -0.39 is 22.0 Å². The smallest absolute Gasteiger partial charge is 0.282 e. The van der Waals surface area contributed by atoms with Crippen LogP contribution in [0.4, 0.5) is 18.9 Å². The van der Waals surface area contributed by atoms with Crippen molar-refractivity contribution in [1.29, 1.82) is 0 Å². The highest BCUT2D eigenvalue weighted by Crippen LogP contribution is 2.32. The first-order valence-electron chi connectivity index (χ1n) is 5.98. The molecule has 0 fully saturated rings. The molecular formula is C12H15ClF3NO2S2. The minimum Gasteiger partial charge on any atom is -0.282 e. The fourth-order valence-corrected chi connectivity index (χ4v) is 4.00. The lowest BCUT2D eigenvalue weighted by Gasteiger charge is -2.14. The first kappa shape index (κ1) is 18.4. The molecule has 120 valence electrons. The maximum Gasteiger partial charge on any atom is 0.398 e. The molecule has 0 radical (unpaired) electrons. The van der Waals surface area contributed by atoms with Gasteiger partial charge in [-0.25, -0.2) is 8.42 Å². The number of alkyl halides is 4. The lowest BCUT2D eigenvalue weighted by Crippen LogP contribution is -2.22. The lowest BCUT2D eigenvalue weighted by atomic mass is 10.3. The van der Waals surface area contributed by atoms with Crippen molar-refractivity contribution in [1.82, 2.24) is 0 Å². The Kier molecular flexibility index (Phi) is 6.68. The third kappa shape index (κ3) is 7.28. The molecule has 9 heteroatoms. The van der Waals surface area contributed by atoms with Crippen LogP contribution in [0.5, 0.6) is 0 Å². The average molecular weight is 362 g/mol. The van der Waals surface area contributed by atoms with Gasteiger partial charge in [0.05, 0.1) is 17.2 Å². The molecule has 0 aliphatic carbocycles. The van der Waals surface area contributed by atoms with Crippen LogP contribution in [-0.2, 0) is 10.0 Å². The average Bonchev–Trinajstić information content (AvgIpc) is 2.35. The maximum absolute atomic E-state index is 12.3. The van der Waals surface area contributed by atoms with E-state index in [2.05, 4.69) is 4.72 Å². The minimum absolute atomic E-state index is 0.147. The first-order chi connectivity index (χ1) is 9.63. The molecule has 1 atom stereocenters. The van der Waals surface area contributed by atoms with Crippen molar-refractivity contribution in [2.24, 2.45) is 5.92 Å². The Morgan fingerprint density at radius 2 is 1.95 bits per heavy atom. The van der Waals surface area contributed by atoms with E-state index in [0.717, 1.165) is 0 Å². The highest BCUT2D eigenvalue weighted by atomic mass is 35.5. The van der Waals surface area contributed by atoms with Crippen LogP contribution in [0.3, 0.4) is 0 Å². The minimum atomic E-state index is -4.32. The number of para-hydroxylation sites is 1. The Labute approximate surface area is 131 Å². The predicted molar refractivity (Wildman–Crippen MR) is 80.5 cm³/mol. The molecule has 0 heterocycles. The summed E-state index contributed by atoms with van der Waals surface area (Å²) >= 11 is 6.11. The summed E-state index contributed by atoms with van der Waals surface area (Å²) in [5, 5.41) is 0. The third-order valence-electron chi connectivity index (χ3n) is 2.31. The number of nitrogens with one attached hydrogen (secondary N) is 1. The number of hydrogen-bond acceptors (Lipinski definition) is 3. The molecular weight excluding hydrogens is 347 g/mol. The quantitative estimate of drug-likeness (QED) is 0.590. The van der Waals surface area contributed by atoms with Gasteiger partial charge >= 0.3 is 6.18 Å². The van der Waals surface area contributed by atoms with Gasteiger partial charge in [-0.15, -0.1) is 23.4 Å². The number of thioether (sulfide) groups is 1. The van der Waals surface area contributed by atoms with Crippen molar-refractivity contribution in [3.05, 3.63) is 24.3 Å². The molecule has 1 aromatic rings. The van der Waals surface area contributed by atoms with Gasteiger partial charge in [0.25, 0.3) is 0 Å². The van der Waals surface area contributed by atoms with Crippen LogP contribution in [0, 0.1) is 5.92 Å². The Morgan fingerprint density at radius 3 is 2.52 bits per heavy atom. The zero-order chi connectivity index (χ0) is 16.1. The van der Waals surface area contributed by atoms with Gasteiger partial charge in [0, 0.05) is 10.8 Å². The van der Waals surface area contributed by atoms with Crippen molar-refractivity contribution < 1.29 is 21.6 Å². The largest absolute Gasteiger partial charge is 0.398 e. The maximum atomic E-state index is 12.3. The molecule has 0 saturated carbocycles. The number of anilines is 1. The first-order valence-corrected chi connectivity index (χ1v) is 9.15. The SMILES string of the molecule is CC(CCl)CS(=O)(=O)Nc1ccccc1SCC(F)(F)F. The second kappa shape index (κ2) is 7.60. The van der Waals surface area contributed by atoms with Gasteiger partial charge < -0.3 is 0 Å². The van der Waals surface area contributed by atoms with E-state index in [9.17, 15) is 21.6 Å². The number of hydrogen-bond donors (Lipinski definition) is 1. The summed E-state index contributed by atoms with van der Waals surface area (Å²) in [5.41, 5.74) is 0.147. The molecule has 0 saturated heterocycles. The number of rotatable bonds is 7. The van der Waals surface area contributed by atoms with Crippen molar-refractivity contribution in [3.63, 3.8) is 0 Å². The monoisotopic (exact) mass is 361 g/mol. The molecule has 1 N–H and O–H groups in total. The Bertz CT molecular complexity index is 564. The van der Waals surface area contributed by atoms with E-state index in [4.69, 9.17) is 11.6 Å². The standard InChI is InChI=1S/C12H15ClF3NO2S2/c1-9(6-13)7-21(18,19)17-10-4-2-3-5-11(10)20-8-12(14,15)16/h2-5,9,17H,6-8H2,1H3. The van der Waals surface area contributed by atoms with Gasteiger partial charge in [-0.2, -0.15) is 13.2 Å². The predicted octanol–water partition coefficient (Wildman–Crippen LogP) is 3.96. The summed E-state index contributed by atoms with van der Waals surface area (Å²) in [6.45, 7) is 1.68.